The first-order valence-corrected chi connectivity index (χ1v) is 6.09. The fraction of sp³-hybridized carbons (Fsp3) is 0.692. The molecule has 3 N–H and O–H groups in total. The number of nitrogens with one attached hydrogen (secondary N) is 1. The lowest BCUT2D eigenvalue weighted by molar-refractivity contribution is 0.0309. The van der Waals surface area contributed by atoms with E-state index in [2.05, 4.69) is 5.32 Å². The van der Waals surface area contributed by atoms with E-state index in [1.807, 2.05) is 19.9 Å². The molecule has 4 nitrogen and oxygen atoms in total. The van der Waals surface area contributed by atoms with Crippen LogP contribution in [0.5, 0.6) is 0 Å². The molecule has 0 saturated heterocycles. The predicted molar refractivity (Wildman–Crippen MR) is 66.8 cm³/mol. The molecule has 1 aromatic heterocycles. The number of hydrogen-bond acceptors (Lipinski definition) is 4. The summed E-state index contributed by atoms with van der Waals surface area (Å²) in [7, 11) is 0. The normalized spacial score (nSPS) is 16.8. The van der Waals surface area contributed by atoms with E-state index in [-0.39, 0.29) is 12.6 Å². The van der Waals surface area contributed by atoms with Crippen molar-refractivity contribution in [1.29, 1.82) is 0 Å². The largest absolute Gasteiger partial charge is 0.463 e. The van der Waals surface area contributed by atoms with Crippen molar-refractivity contribution < 1.29 is 14.6 Å². The van der Waals surface area contributed by atoms with Crippen molar-refractivity contribution >= 4 is 0 Å². The summed E-state index contributed by atoms with van der Waals surface area (Å²) in [5.41, 5.74) is -0.998. The van der Waals surface area contributed by atoms with E-state index >= 15 is 0 Å². The van der Waals surface area contributed by atoms with Gasteiger partial charge in [0.15, 0.2) is 0 Å². The van der Waals surface area contributed by atoms with Crippen LogP contribution in [0.1, 0.15) is 38.2 Å². The second-order valence-electron chi connectivity index (χ2n) is 4.83. The van der Waals surface area contributed by atoms with E-state index in [4.69, 9.17) is 9.52 Å². The second-order valence-corrected chi connectivity index (χ2v) is 4.83. The molecule has 0 bridgehead atoms. The first kappa shape index (κ1) is 14.2. The summed E-state index contributed by atoms with van der Waals surface area (Å²) in [6, 6.07) is 3.92. The molecule has 0 aliphatic rings. The van der Waals surface area contributed by atoms with Crippen LogP contribution in [-0.2, 0) is 5.60 Å². The number of furan rings is 1. The van der Waals surface area contributed by atoms with E-state index < -0.39 is 5.60 Å². The van der Waals surface area contributed by atoms with Crippen LogP contribution in [0.15, 0.2) is 16.5 Å². The van der Waals surface area contributed by atoms with Crippen molar-refractivity contribution in [2.24, 2.45) is 0 Å². The summed E-state index contributed by atoms with van der Waals surface area (Å²) < 4.78 is 5.43. The lowest BCUT2D eigenvalue weighted by Crippen LogP contribution is -2.39. The highest BCUT2D eigenvalue weighted by Crippen LogP contribution is 2.22. The lowest BCUT2D eigenvalue weighted by atomic mass is 10.0. The minimum atomic E-state index is -0.998. The molecule has 0 aromatic carbocycles. The Labute approximate surface area is 103 Å². The van der Waals surface area contributed by atoms with E-state index in [1.54, 1.807) is 13.0 Å². The molecule has 0 spiro atoms. The van der Waals surface area contributed by atoms with Crippen LogP contribution >= 0.6 is 0 Å². The van der Waals surface area contributed by atoms with Crippen LogP contribution in [0, 0.1) is 6.92 Å². The molecule has 0 saturated carbocycles. The summed E-state index contributed by atoms with van der Waals surface area (Å²) in [5.74, 6) is 1.38. The monoisotopic (exact) mass is 241 g/mol. The zero-order valence-corrected chi connectivity index (χ0v) is 10.9. The molecule has 0 radical (unpaired) electrons. The molecule has 98 valence electrons. The number of rotatable bonds is 7. The molecule has 1 aromatic rings. The molecular weight excluding hydrogens is 218 g/mol. The smallest absolute Gasteiger partial charge is 0.136 e. The third kappa shape index (κ3) is 4.50. The quantitative estimate of drug-likeness (QED) is 0.677. The molecule has 2 unspecified atom stereocenters. The Kier molecular flexibility index (Phi) is 5.18. The van der Waals surface area contributed by atoms with Crippen molar-refractivity contribution in [3.8, 4) is 0 Å². The highest BCUT2D eigenvalue weighted by Gasteiger charge is 2.26. The molecule has 0 amide bonds. The molecular formula is C13H23NO3. The Morgan fingerprint density at radius 3 is 2.71 bits per heavy atom. The predicted octanol–water partition coefficient (Wildman–Crippen LogP) is 1.55. The van der Waals surface area contributed by atoms with E-state index in [1.165, 1.54) is 0 Å². The van der Waals surface area contributed by atoms with Crippen molar-refractivity contribution in [2.45, 2.75) is 45.3 Å². The summed E-state index contributed by atoms with van der Waals surface area (Å²) >= 11 is 0. The third-order valence-corrected chi connectivity index (χ3v) is 2.86. The highest BCUT2D eigenvalue weighted by atomic mass is 16.4. The van der Waals surface area contributed by atoms with Gasteiger partial charge < -0.3 is 19.9 Å². The van der Waals surface area contributed by atoms with Crippen LogP contribution in [-0.4, -0.2) is 29.4 Å². The molecule has 1 rings (SSSR count). The average Bonchev–Trinajstić information content (AvgIpc) is 2.71. The maximum atomic E-state index is 10.3. The maximum absolute atomic E-state index is 10.3. The number of aliphatic hydroxyl groups excluding tert-OH is 1. The van der Waals surface area contributed by atoms with Gasteiger partial charge in [0.05, 0.1) is 0 Å². The van der Waals surface area contributed by atoms with Crippen LogP contribution in [0.3, 0.4) is 0 Å². The van der Waals surface area contributed by atoms with Crippen molar-refractivity contribution in [1.82, 2.24) is 5.32 Å². The minimum absolute atomic E-state index is 0.208. The van der Waals surface area contributed by atoms with E-state index in [0.717, 1.165) is 18.6 Å². The van der Waals surface area contributed by atoms with Crippen molar-refractivity contribution in [3.05, 3.63) is 23.7 Å². The van der Waals surface area contributed by atoms with Crippen molar-refractivity contribution in [2.75, 3.05) is 13.2 Å². The number of aryl methyl sites for hydroxylation is 1. The molecule has 0 aliphatic heterocycles. The van der Waals surface area contributed by atoms with Gasteiger partial charge in [0.1, 0.15) is 17.1 Å². The lowest BCUT2D eigenvalue weighted by Gasteiger charge is -2.24. The Balaban J connectivity index is 2.44. The van der Waals surface area contributed by atoms with Gasteiger partial charge in [-0.25, -0.2) is 0 Å². The topological polar surface area (TPSA) is 65.6 Å². The molecule has 17 heavy (non-hydrogen) atoms. The van der Waals surface area contributed by atoms with Gasteiger partial charge in [0, 0.05) is 19.2 Å². The first-order valence-electron chi connectivity index (χ1n) is 6.09. The summed E-state index contributed by atoms with van der Waals surface area (Å²) in [5, 5.41) is 22.2. The molecule has 0 aliphatic carbocycles. The van der Waals surface area contributed by atoms with Gasteiger partial charge in [-0.05, 0) is 45.7 Å². The molecule has 2 atom stereocenters. The minimum Gasteiger partial charge on any atom is -0.463 e. The zero-order valence-electron chi connectivity index (χ0n) is 10.9. The maximum Gasteiger partial charge on any atom is 0.136 e. The van der Waals surface area contributed by atoms with E-state index in [0.29, 0.717) is 12.3 Å². The summed E-state index contributed by atoms with van der Waals surface area (Å²) in [6.45, 7) is 6.28. The van der Waals surface area contributed by atoms with Crippen LogP contribution in [0.2, 0.25) is 0 Å². The standard InChI is InChI=1S/C13H23NO3/c1-10(5-4-8-15)14-9-13(3,16)12-7-6-11(2)17-12/h6-7,10,14-16H,4-5,8-9H2,1-3H3. The third-order valence-electron chi connectivity index (χ3n) is 2.86. The average molecular weight is 241 g/mol. The number of aliphatic hydroxyl groups is 2. The van der Waals surface area contributed by atoms with Crippen LogP contribution in [0.4, 0.5) is 0 Å². The van der Waals surface area contributed by atoms with Gasteiger partial charge in [0.2, 0.25) is 0 Å². The Morgan fingerprint density at radius 2 is 2.18 bits per heavy atom. The SMILES string of the molecule is Cc1ccc(C(C)(O)CNC(C)CCCO)o1. The van der Waals surface area contributed by atoms with Crippen LogP contribution < -0.4 is 5.32 Å². The van der Waals surface area contributed by atoms with Gasteiger partial charge >= 0.3 is 0 Å². The molecule has 1 heterocycles. The van der Waals surface area contributed by atoms with Gasteiger partial charge in [-0.15, -0.1) is 0 Å². The fourth-order valence-electron chi connectivity index (χ4n) is 1.68. The fourth-order valence-corrected chi connectivity index (χ4v) is 1.68. The Bertz CT molecular complexity index is 333. The van der Waals surface area contributed by atoms with E-state index in [9.17, 15) is 5.11 Å². The highest BCUT2D eigenvalue weighted by molar-refractivity contribution is 5.12. The molecule has 0 fully saturated rings. The zero-order chi connectivity index (χ0) is 12.9. The Morgan fingerprint density at radius 1 is 1.47 bits per heavy atom. The first-order chi connectivity index (χ1) is 7.95. The van der Waals surface area contributed by atoms with Crippen LogP contribution in [0.25, 0.3) is 0 Å². The second kappa shape index (κ2) is 6.19. The van der Waals surface area contributed by atoms with Crippen molar-refractivity contribution in [3.63, 3.8) is 0 Å². The molecule has 4 heteroatoms. The Hall–Kier alpha value is -0.840. The summed E-state index contributed by atoms with van der Waals surface area (Å²) in [6.07, 6.45) is 1.67. The van der Waals surface area contributed by atoms with Gasteiger partial charge in [-0.2, -0.15) is 0 Å². The van der Waals surface area contributed by atoms with Gasteiger partial charge in [-0.1, -0.05) is 0 Å². The van der Waals surface area contributed by atoms with Gasteiger partial charge in [-0.3, -0.25) is 0 Å². The summed E-state index contributed by atoms with van der Waals surface area (Å²) in [4.78, 5) is 0. The van der Waals surface area contributed by atoms with Gasteiger partial charge in [0.25, 0.3) is 0 Å². The number of hydrogen-bond donors (Lipinski definition) is 3.